The minimum atomic E-state index is -0.613. The molecule has 3 aromatic rings. The fourth-order valence-electron chi connectivity index (χ4n) is 3.10. The first-order valence-electron chi connectivity index (χ1n) is 10.5. The molecule has 170 valence electrons. The van der Waals surface area contributed by atoms with Crippen LogP contribution in [0.3, 0.4) is 0 Å². The molecule has 0 saturated heterocycles. The Morgan fingerprint density at radius 2 is 1.70 bits per heavy atom. The molecule has 0 atom stereocenters. The van der Waals surface area contributed by atoms with E-state index in [4.69, 9.17) is 9.47 Å². The number of hydrogen-bond donors (Lipinski definition) is 1. The van der Waals surface area contributed by atoms with E-state index in [9.17, 15) is 19.7 Å². The summed E-state index contributed by atoms with van der Waals surface area (Å²) < 4.78 is 10.7. The van der Waals surface area contributed by atoms with Crippen molar-refractivity contribution in [3.63, 3.8) is 0 Å². The van der Waals surface area contributed by atoms with Gasteiger partial charge in [-0.2, -0.15) is 0 Å². The van der Waals surface area contributed by atoms with E-state index in [0.29, 0.717) is 13.0 Å². The van der Waals surface area contributed by atoms with Crippen LogP contribution in [0.1, 0.15) is 34.8 Å². The van der Waals surface area contributed by atoms with Gasteiger partial charge in [0.05, 0.1) is 17.1 Å². The maximum atomic E-state index is 12.4. The van der Waals surface area contributed by atoms with Gasteiger partial charge in [0.25, 0.3) is 5.69 Å². The molecule has 0 bridgehead atoms. The molecule has 33 heavy (non-hydrogen) atoms. The topological polar surface area (TPSA) is 108 Å². The first-order chi connectivity index (χ1) is 16.0. The SMILES string of the molecule is CCOC(=O)c1ccc([N+](=O)[O-])c(NC(=O)CCc2ccc(OCc3ccccc3)cc2)c1. The Morgan fingerprint density at radius 3 is 2.36 bits per heavy atom. The van der Waals surface area contributed by atoms with Crippen molar-refractivity contribution in [2.24, 2.45) is 0 Å². The Bertz CT molecular complexity index is 1110. The Balaban J connectivity index is 1.57. The van der Waals surface area contributed by atoms with Crippen LogP contribution in [0.15, 0.2) is 72.8 Å². The number of amides is 1. The van der Waals surface area contributed by atoms with E-state index < -0.39 is 16.8 Å². The third-order valence-electron chi connectivity index (χ3n) is 4.79. The molecule has 0 heterocycles. The molecule has 1 N–H and O–H groups in total. The molecule has 0 aromatic heterocycles. The Hall–Kier alpha value is -4.20. The van der Waals surface area contributed by atoms with Crippen LogP contribution in [0.4, 0.5) is 11.4 Å². The highest BCUT2D eigenvalue weighted by Gasteiger charge is 2.19. The molecular formula is C25H24N2O6. The van der Waals surface area contributed by atoms with Gasteiger partial charge in [-0.25, -0.2) is 4.79 Å². The van der Waals surface area contributed by atoms with E-state index in [1.807, 2.05) is 54.6 Å². The summed E-state index contributed by atoms with van der Waals surface area (Å²) in [6.45, 7) is 2.30. The lowest BCUT2D eigenvalue weighted by atomic mass is 10.1. The standard InChI is InChI=1S/C25H24N2O6/c1-2-32-25(29)20-11-14-23(27(30)31)22(16-20)26-24(28)15-10-18-8-12-21(13-9-18)33-17-19-6-4-3-5-7-19/h3-9,11-14,16H,2,10,15,17H2,1H3,(H,26,28). The number of nitro benzene ring substituents is 1. The number of esters is 1. The summed E-state index contributed by atoms with van der Waals surface area (Å²) in [5.74, 6) is -0.292. The van der Waals surface area contributed by atoms with Crippen molar-refractivity contribution in [2.75, 3.05) is 11.9 Å². The second-order valence-electron chi connectivity index (χ2n) is 7.18. The number of nitrogens with zero attached hydrogens (tertiary/aromatic N) is 1. The number of nitrogens with one attached hydrogen (secondary N) is 1. The second-order valence-corrected chi connectivity index (χ2v) is 7.18. The summed E-state index contributed by atoms with van der Waals surface area (Å²) in [7, 11) is 0. The molecule has 0 aliphatic heterocycles. The number of nitro groups is 1. The van der Waals surface area contributed by atoms with Gasteiger partial charge in [-0.15, -0.1) is 0 Å². The number of carbonyl (C=O) groups excluding carboxylic acids is 2. The number of ether oxygens (including phenoxy) is 2. The van der Waals surface area contributed by atoms with Crippen molar-refractivity contribution < 1.29 is 24.0 Å². The third-order valence-corrected chi connectivity index (χ3v) is 4.79. The van der Waals surface area contributed by atoms with Crippen molar-refractivity contribution in [1.29, 1.82) is 0 Å². The molecule has 3 aromatic carbocycles. The number of hydrogen-bond acceptors (Lipinski definition) is 6. The van der Waals surface area contributed by atoms with E-state index in [0.717, 1.165) is 16.9 Å². The molecule has 0 saturated carbocycles. The summed E-state index contributed by atoms with van der Waals surface area (Å²) in [5, 5.41) is 13.8. The monoisotopic (exact) mass is 448 g/mol. The van der Waals surface area contributed by atoms with Gasteiger partial charge in [0.15, 0.2) is 0 Å². The lowest BCUT2D eigenvalue weighted by molar-refractivity contribution is -0.383. The molecule has 1 amide bonds. The molecular weight excluding hydrogens is 424 g/mol. The highest BCUT2D eigenvalue weighted by Crippen LogP contribution is 2.26. The molecule has 0 aliphatic rings. The van der Waals surface area contributed by atoms with Crippen LogP contribution in [0.5, 0.6) is 5.75 Å². The third kappa shape index (κ3) is 6.90. The lowest BCUT2D eigenvalue weighted by Gasteiger charge is -2.09. The van der Waals surface area contributed by atoms with Crippen LogP contribution in [-0.4, -0.2) is 23.4 Å². The van der Waals surface area contributed by atoms with Crippen LogP contribution in [0.25, 0.3) is 0 Å². The van der Waals surface area contributed by atoms with E-state index >= 15 is 0 Å². The quantitative estimate of drug-likeness (QED) is 0.268. The molecule has 3 rings (SSSR count). The second kappa shape index (κ2) is 11.4. The number of rotatable bonds is 10. The normalized spacial score (nSPS) is 10.3. The van der Waals surface area contributed by atoms with Gasteiger partial charge in [0, 0.05) is 12.5 Å². The summed E-state index contributed by atoms with van der Waals surface area (Å²) in [6, 6.07) is 21.0. The molecule has 0 spiro atoms. The molecule has 0 aliphatic carbocycles. The van der Waals surface area contributed by atoms with E-state index in [2.05, 4.69) is 5.32 Å². The van der Waals surface area contributed by atoms with E-state index in [1.54, 1.807) is 6.92 Å². The zero-order valence-corrected chi connectivity index (χ0v) is 18.2. The predicted molar refractivity (Wildman–Crippen MR) is 123 cm³/mol. The predicted octanol–water partition coefficient (Wildman–Crippen LogP) is 4.92. The van der Waals surface area contributed by atoms with Gasteiger partial charge in [-0.05, 0) is 48.7 Å². The summed E-state index contributed by atoms with van der Waals surface area (Å²) >= 11 is 0. The van der Waals surface area contributed by atoms with E-state index in [-0.39, 0.29) is 30.0 Å². The van der Waals surface area contributed by atoms with Crippen molar-refractivity contribution in [2.45, 2.75) is 26.4 Å². The van der Waals surface area contributed by atoms with Crippen molar-refractivity contribution in [3.05, 3.63) is 99.6 Å². The Kier molecular flexibility index (Phi) is 8.13. The smallest absolute Gasteiger partial charge is 0.338 e. The highest BCUT2D eigenvalue weighted by atomic mass is 16.6. The maximum Gasteiger partial charge on any atom is 0.338 e. The molecule has 8 nitrogen and oxygen atoms in total. The molecule has 0 radical (unpaired) electrons. The number of carbonyl (C=O) groups is 2. The zero-order chi connectivity index (χ0) is 23.6. The van der Waals surface area contributed by atoms with Gasteiger partial charge < -0.3 is 14.8 Å². The molecule has 0 fully saturated rings. The van der Waals surface area contributed by atoms with Crippen molar-refractivity contribution >= 4 is 23.3 Å². The maximum absolute atomic E-state index is 12.4. The van der Waals surface area contributed by atoms with Crippen LogP contribution in [0, 0.1) is 10.1 Å². The zero-order valence-electron chi connectivity index (χ0n) is 18.2. The molecule has 8 heteroatoms. The first kappa shape index (κ1) is 23.5. The largest absolute Gasteiger partial charge is 0.489 e. The van der Waals surface area contributed by atoms with Gasteiger partial charge in [-0.1, -0.05) is 42.5 Å². The fourth-order valence-corrected chi connectivity index (χ4v) is 3.10. The number of aryl methyl sites for hydroxylation is 1. The van der Waals surface area contributed by atoms with Crippen LogP contribution in [-0.2, 0) is 22.6 Å². The van der Waals surface area contributed by atoms with Crippen LogP contribution in [0.2, 0.25) is 0 Å². The van der Waals surface area contributed by atoms with Gasteiger partial charge in [0.1, 0.15) is 18.0 Å². The Labute approximate surface area is 191 Å². The average Bonchev–Trinajstić information content (AvgIpc) is 2.82. The minimum absolute atomic E-state index is 0.0415. The van der Waals surface area contributed by atoms with Crippen LogP contribution >= 0.6 is 0 Å². The van der Waals surface area contributed by atoms with Gasteiger partial charge in [-0.3, -0.25) is 14.9 Å². The van der Waals surface area contributed by atoms with Crippen LogP contribution < -0.4 is 10.1 Å². The summed E-state index contributed by atoms with van der Waals surface area (Å²) in [5.41, 5.74) is 1.78. The molecule has 0 unspecified atom stereocenters. The van der Waals surface area contributed by atoms with E-state index in [1.165, 1.54) is 18.2 Å². The number of benzene rings is 3. The van der Waals surface area contributed by atoms with Crippen molar-refractivity contribution in [3.8, 4) is 5.75 Å². The summed E-state index contributed by atoms with van der Waals surface area (Å²) in [6.07, 6.45) is 0.557. The summed E-state index contributed by atoms with van der Waals surface area (Å²) in [4.78, 5) is 35.0. The highest BCUT2D eigenvalue weighted by molar-refractivity contribution is 5.97. The van der Waals surface area contributed by atoms with Gasteiger partial charge >= 0.3 is 5.97 Å². The number of anilines is 1. The average molecular weight is 448 g/mol. The first-order valence-corrected chi connectivity index (χ1v) is 10.5. The van der Waals surface area contributed by atoms with Crippen molar-refractivity contribution in [1.82, 2.24) is 0 Å². The fraction of sp³-hybridized carbons (Fsp3) is 0.200. The lowest BCUT2D eigenvalue weighted by Crippen LogP contribution is -2.14. The Morgan fingerprint density at radius 1 is 0.970 bits per heavy atom. The van der Waals surface area contributed by atoms with Gasteiger partial charge in [0.2, 0.25) is 5.91 Å². The minimum Gasteiger partial charge on any atom is -0.489 e.